The van der Waals surface area contributed by atoms with E-state index in [0.717, 1.165) is 8.95 Å². The first-order valence-electron chi connectivity index (χ1n) is 6.55. The van der Waals surface area contributed by atoms with Crippen LogP contribution < -0.4 is 0 Å². The molecule has 7 heteroatoms. The molecular formula is C16H16Br2S5. The van der Waals surface area contributed by atoms with Crippen LogP contribution in [0.15, 0.2) is 62.6 Å². The van der Waals surface area contributed by atoms with Crippen molar-refractivity contribution in [3.63, 3.8) is 0 Å². The van der Waals surface area contributed by atoms with Gasteiger partial charge in [0.2, 0.25) is 0 Å². The molecule has 0 unspecified atom stereocenters. The highest BCUT2D eigenvalue weighted by Crippen LogP contribution is 2.44. The van der Waals surface area contributed by atoms with Gasteiger partial charge in [0.05, 0.1) is 0 Å². The average Bonchev–Trinajstić information content (AvgIpc) is 2.57. The molecule has 2 rings (SSSR count). The van der Waals surface area contributed by atoms with E-state index < -0.39 is 0 Å². The molecule has 0 aliphatic carbocycles. The van der Waals surface area contributed by atoms with Crippen molar-refractivity contribution in [2.45, 2.75) is 29.4 Å². The van der Waals surface area contributed by atoms with Gasteiger partial charge in [0, 0.05) is 38.3 Å². The van der Waals surface area contributed by atoms with Crippen LogP contribution in [0, 0.1) is 0 Å². The van der Waals surface area contributed by atoms with Crippen LogP contribution in [0.4, 0.5) is 0 Å². The molecule has 23 heavy (non-hydrogen) atoms. The first kappa shape index (κ1) is 20.5. The zero-order valence-corrected chi connectivity index (χ0v) is 20.4. The monoisotopic (exact) mass is 526 g/mol. The van der Waals surface area contributed by atoms with E-state index in [1.807, 2.05) is 0 Å². The second-order valence-corrected chi connectivity index (χ2v) is 10.6. The van der Waals surface area contributed by atoms with Gasteiger partial charge < -0.3 is 0 Å². The Balaban J connectivity index is 2.43. The number of rotatable bonds is 6. The van der Waals surface area contributed by atoms with Crippen molar-refractivity contribution in [1.29, 1.82) is 0 Å². The van der Waals surface area contributed by atoms with Crippen LogP contribution in [0.3, 0.4) is 0 Å². The molecule has 0 nitrogen and oxygen atoms in total. The highest BCUT2D eigenvalue weighted by molar-refractivity contribution is 9.11. The second-order valence-electron chi connectivity index (χ2n) is 4.38. The van der Waals surface area contributed by atoms with Crippen LogP contribution in [0.5, 0.6) is 0 Å². The maximum absolute atomic E-state index is 3.73. The van der Waals surface area contributed by atoms with Crippen molar-refractivity contribution in [3.8, 4) is 0 Å². The molecule has 0 saturated heterocycles. The lowest BCUT2D eigenvalue weighted by atomic mass is 10.3. The first-order chi connectivity index (χ1) is 11.0. The number of hydrogen-bond acceptors (Lipinski definition) is 5. The van der Waals surface area contributed by atoms with Crippen LogP contribution in [-0.2, 0) is 0 Å². The summed E-state index contributed by atoms with van der Waals surface area (Å²) in [5, 5.41) is 0. The Bertz CT molecular complexity index is 644. The largest absolute Gasteiger partial charge is 0.128 e. The first-order valence-corrected chi connectivity index (χ1v) is 13.8. The standard InChI is InChI=1S/C16H16Br2S5/c1-19-13-5-9(17)11(7-15(13)21-3)23-12-8-16(22-4)14(20-2)6-10(12)18/h5-8H,1-4H3. The lowest BCUT2D eigenvalue weighted by molar-refractivity contribution is 1.15. The van der Waals surface area contributed by atoms with Gasteiger partial charge in [-0.3, -0.25) is 0 Å². The molecule has 0 N–H and O–H groups in total. The van der Waals surface area contributed by atoms with Gasteiger partial charge in [-0.15, -0.1) is 47.0 Å². The number of hydrogen-bond donors (Lipinski definition) is 0. The van der Waals surface area contributed by atoms with Gasteiger partial charge in [0.15, 0.2) is 0 Å². The number of thioether (sulfide) groups is 4. The van der Waals surface area contributed by atoms with Crippen molar-refractivity contribution >= 4 is 90.7 Å². The summed E-state index contributed by atoms with van der Waals surface area (Å²) in [4.78, 5) is 7.77. The molecule has 0 aromatic heterocycles. The molecule has 0 saturated carbocycles. The van der Waals surface area contributed by atoms with Crippen LogP contribution in [0.25, 0.3) is 0 Å². The fourth-order valence-corrected chi connectivity index (χ4v) is 7.46. The Kier molecular flexibility index (Phi) is 8.66. The van der Waals surface area contributed by atoms with E-state index in [0.29, 0.717) is 0 Å². The van der Waals surface area contributed by atoms with Gasteiger partial charge in [-0.1, -0.05) is 11.8 Å². The van der Waals surface area contributed by atoms with Crippen molar-refractivity contribution in [2.24, 2.45) is 0 Å². The van der Waals surface area contributed by atoms with E-state index in [4.69, 9.17) is 0 Å². The highest BCUT2D eigenvalue weighted by atomic mass is 79.9. The van der Waals surface area contributed by atoms with E-state index in [-0.39, 0.29) is 0 Å². The minimum Gasteiger partial charge on any atom is -0.128 e. The topological polar surface area (TPSA) is 0 Å². The predicted molar refractivity (Wildman–Crippen MR) is 120 cm³/mol. The van der Waals surface area contributed by atoms with Gasteiger partial charge >= 0.3 is 0 Å². The molecule has 124 valence electrons. The molecule has 0 spiro atoms. The average molecular weight is 528 g/mol. The maximum atomic E-state index is 3.73. The van der Waals surface area contributed by atoms with Crippen LogP contribution in [0.2, 0.25) is 0 Å². The Morgan fingerprint density at radius 1 is 0.522 bits per heavy atom. The molecule has 2 aromatic rings. The predicted octanol–water partition coefficient (Wildman–Crippen LogP) is 8.25. The van der Waals surface area contributed by atoms with Crippen LogP contribution in [-0.4, -0.2) is 25.0 Å². The second kappa shape index (κ2) is 9.74. The Morgan fingerprint density at radius 2 is 0.826 bits per heavy atom. The Morgan fingerprint density at radius 3 is 1.13 bits per heavy atom. The third-order valence-electron chi connectivity index (χ3n) is 3.10. The number of benzene rings is 2. The highest BCUT2D eigenvalue weighted by Gasteiger charge is 2.13. The fraction of sp³-hybridized carbons (Fsp3) is 0.250. The van der Waals surface area contributed by atoms with E-state index in [1.54, 1.807) is 58.8 Å². The molecule has 2 aromatic carbocycles. The van der Waals surface area contributed by atoms with Gasteiger partial charge in [-0.05, 0) is 81.1 Å². The van der Waals surface area contributed by atoms with E-state index in [2.05, 4.69) is 81.1 Å². The third-order valence-corrected chi connectivity index (χ3v) is 9.42. The summed E-state index contributed by atoms with van der Waals surface area (Å²) < 4.78 is 2.30. The molecule has 0 radical (unpaired) electrons. The van der Waals surface area contributed by atoms with Gasteiger partial charge in [0.25, 0.3) is 0 Å². The van der Waals surface area contributed by atoms with E-state index >= 15 is 0 Å². The quantitative estimate of drug-likeness (QED) is 0.345. The minimum absolute atomic E-state index is 1.15. The van der Waals surface area contributed by atoms with Crippen LogP contribution in [0.1, 0.15) is 0 Å². The summed E-state index contributed by atoms with van der Waals surface area (Å²) in [6, 6.07) is 8.99. The minimum atomic E-state index is 1.15. The normalized spacial score (nSPS) is 11.0. The zero-order chi connectivity index (χ0) is 17.0. The maximum Gasteiger partial charge on any atom is 0.0326 e. The van der Waals surface area contributed by atoms with Gasteiger partial charge in [-0.2, -0.15) is 0 Å². The summed E-state index contributed by atoms with van der Waals surface area (Å²) in [5.41, 5.74) is 0. The lowest BCUT2D eigenvalue weighted by Crippen LogP contribution is -1.86. The van der Waals surface area contributed by atoms with E-state index in [9.17, 15) is 0 Å². The van der Waals surface area contributed by atoms with Gasteiger partial charge in [0.1, 0.15) is 0 Å². The number of halogens is 2. The van der Waals surface area contributed by atoms with Crippen molar-refractivity contribution in [3.05, 3.63) is 33.2 Å². The van der Waals surface area contributed by atoms with Gasteiger partial charge in [-0.25, -0.2) is 0 Å². The van der Waals surface area contributed by atoms with Crippen molar-refractivity contribution in [2.75, 3.05) is 25.0 Å². The van der Waals surface area contributed by atoms with Crippen LogP contribution >= 0.6 is 90.7 Å². The summed E-state index contributed by atoms with van der Waals surface area (Å²) in [7, 11) is 0. The summed E-state index contributed by atoms with van der Waals surface area (Å²) in [6.07, 6.45) is 8.51. The Labute approximate surface area is 176 Å². The summed E-state index contributed by atoms with van der Waals surface area (Å²) in [5.74, 6) is 0. The van der Waals surface area contributed by atoms with Crippen molar-refractivity contribution in [1.82, 2.24) is 0 Å². The third kappa shape index (κ3) is 5.08. The molecule has 0 aliphatic heterocycles. The summed E-state index contributed by atoms with van der Waals surface area (Å²) in [6.45, 7) is 0. The molecule has 0 amide bonds. The van der Waals surface area contributed by atoms with E-state index in [1.165, 1.54) is 29.4 Å². The van der Waals surface area contributed by atoms with Crippen molar-refractivity contribution < 1.29 is 0 Å². The molecular weight excluding hydrogens is 512 g/mol. The Hall–Kier alpha value is 1.15. The zero-order valence-electron chi connectivity index (χ0n) is 13.1. The molecule has 0 fully saturated rings. The molecule has 0 bridgehead atoms. The summed E-state index contributed by atoms with van der Waals surface area (Å²) >= 11 is 16.4. The molecule has 0 heterocycles. The fourth-order valence-electron chi connectivity index (χ4n) is 1.95. The molecule has 0 aliphatic rings. The smallest absolute Gasteiger partial charge is 0.0326 e. The SMILES string of the molecule is CSc1cc(Br)c(Sc2cc(SC)c(SC)cc2Br)cc1SC. The molecule has 0 atom stereocenters. The lowest BCUT2D eigenvalue weighted by Gasteiger charge is -2.13.